The average molecular weight is 234 g/mol. The number of ether oxygens (including phenoxy) is 1. The summed E-state index contributed by atoms with van der Waals surface area (Å²) in [5.41, 5.74) is 1.83. The summed E-state index contributed by atoms with van der Waals surface area (Å²) in [6, 6.07) is 5.61. The largest absolute Gasteiger partial charge is 0.496 e. The fourth-order valence-electron chi connectivity index (χ4n) is 1.54. The fraction of sp³-hybridized carbons (Fsp3) is 0.333. The first-order valence-electron chi connectivity index (χ1n) is 5.28. The monoisotopic (exact) mass is 234 g/mol. The number of methoxy groups -OCH3 is 1. The summed E-state index contributed by atoms with van der Waals surface area (Å²) in [4.78, 5) is 4.11. The molecular weight excluding hydrogens is 220 g/mol. The molecule has 1 N–H and O–H groups in total. The zero-order valence-corrected chi connectivity index (χ0v) is 9.97. The first kappa shape index (κ1) is 11.6. The van der Waals surface area contributed by atoms with E-state index in [9.17, 15) is 5.11 Å². The molecule has 0 amide bonds. The number of aryl methyl sites for hydroxylation is 1. The first-order chi connectivity index (χ1) is 8.11. The number of nitrogens with zero attached hydrogens (tertiary/aromatic N) is 2. The lowest BCUT2D eigenvalue weighted by Gasteiger charge is -2.04. The molecule has 0 saturated carbocycles. The Balaban J connectivity index is 2.36. The number of aliphatic hydroxyl groups excluding tert-OH is 1. The zero-order valence-electron chi connectivity index (χ0n) is 9.97. The number of benzene rings is 1. The lowest BCUT2D eigenvalue weighted by atomic mass is 10.1. The molecule has 0 aliphatic rings. The molecule has 1 aromatic heterocycles. The van der Waals surface area contributed by atoms with Crippen LogP contribution in [-0.2, 0) is 0 Å². The van der Waals surface area contributed by atoms with E-state index < -0.39 is 6.10 Å². The second-order valence-corrected chi connectivity index (χ2v) is 3.82. The molecule has 5 nitrogen and oxygen atoms in total. The molecule has 0 bridgehead atoms. The molecule has 1 heterocycles. The Hall–Kier alpha value is -1.88. The van der Waals surface area contributed by atoms with Crippen molar-refractivity contribution in [3.8, 4) is 17.1 Å². The van der Waals surface area contributed by atoms with E-state index in [2.05, 4.69) is 10.1 Å². The molecule has 0 fully saturated rings. The van der Waals surface area contributed by atoms with Gasteiger partial charge in [-0.15, -0.1) is 0 Å². The van der Waals surface area contributed by atoms with E-state index in [0.717, 1.165) is 16.9 Å². The molecule has 0 spiro atoms. The van der Waals surface area contributed by atoms with Crippen molar-refractivity contribution in [3.05, 3.63) is 29.7 Å². The van der Waals surface area contributed by atoms with Gasteiger partial charge in [0.1, 0.15) is 11.9 Å². The minimum Gasteiger partial charge on any atom is -0.496 e. The van der Waals surface area contributed by atoms with Gasteiger partial charge in [-0.1, -0.05) is 5.16 Å². The van der Waals surface area contributed by atoms with Crippen LogP contribution in [0, 0.1) is 6.92 Å². The van der Waals surface area contributed by atoms with E-state index in [0.29, 0.717) is 5.82 Å². The molecule has 0 aliphatic carbocycles. The smallest absolute Gasteiger partial charge is 0.255 e. The van der Waals surface area contributed by atoms with Gasteiger partial charge in [0.25, 0.3) is 5.89 Å². The standard InChI is InChI=1S/C12H14N2O3/c1-7-6-9(4-5-10(7)16-3)11-13-12(8(2)15)17-14-11/h4-6,8,15H,1-3H3/t8-/m0/s1. The second-order valence-electron chi connectivity index (χ2n) is 3.82. The molecule has 0 unspecified atom stereocenters. The third kappa shape index (κ3) is 2.29. The van der Waals surface area contributed by atoms with E-state index in [1.54, 1.807) is 14.0 Å². The summed E-state index contributed by atoms with van der Waals surface area (Å²) in [6.07, 6.45) is -0.754. The Morgan fingerprint density at radius 2 is 2.18 bits per heavy atom. The van der Waals surface area contributed by atoms with Gasteiger partial charge < -0.3 is 14.4 Å². The van der Waals surface area contributed by atoms with Gasteiger partial charge in [-0.3, -0.25) is 0 Å². The number of aromatic nitrogens is 2. The van der Waals surface area contributed by atoms with Crippen molar-refractivity contribution in [2.45, 2.75) is 20.0 Å². The van der Waals surface area contributed by atoms with Crippen molar-refractivity contribution >= 4 is 0 Å². The van der Waals surface area contributed by atoms with E-state index in [4.69, 9.17) is 9.26 Å². The summed E-state index contributed by atoms with van der Waals surface area (Å²) in [6.45, 7) is 3.52. The van der Waals surface area contributed by atoms with Gasteiger partial charge in [-0.2, -0.15) is 4.98 Å². The minimum absolute atomic E-state index is 0.216. The third-order valence-electron chi connectivity index (χ3n) is 2.45. The Labute approximate surface area is 99.0 Å². The maximum absolute atomic E-state index is 9.30. The second kappa shape index (κ2) is 4.55. The molecule has 0 aliphatic heterocycles. The van der Waals surface area contributed by atoms with Crippen molar-refractivity contribution in [1.82, 2.24) is 10.1 Å². The van der Waals surface area contributed by atoms with E-state index >= 15 is 0 Å². The Kier molecular flexibility index (Phi) is 3.10. The van der Waals surface area contributed by atoms with Crippen LogP contribution in [0.2, 0.25) is 0 Å². The van der Waals surface area contributed by atoms with Gasteiger partial charge in [-0.25, -0.2) is 0 Å². The van der Waals surface area contributed by atoms with Gasteiger partial charge in [0.05, 0.1) is 7.11 Å². The quantitative estimate of drug-likeness (QED) is 0.880. The van der Waals surface area contributed by atoms with Crippen LogP contribution in [0.5, 0.6) is 5.75 Å². The molecule has 0 radical (unpaired) electrons. The van der Waals surface area contributed by atoms with E-state index in [1.165, 1.54) is 0 Å². The number of hydrogen-bond acceptors (Lipinski definition) is 5. The van der Waals surface area contributed by atoms with Crippen LogP contribution in [0.4, 0.5) is 0 Å². The third-order valence-corrected chi connectivity index (χ3v) is 2.45. The Morgan fingerprint density at radius 3 is 2.71 bits per heavy atom. The first-order valence-corrected chi connectivity index (χ1v) is 5.28. The highest BCUT2D eigenvalue weighted by molar-refractivity contribution is 5.58. The lowest BCUT2D eigenvalue weighted by Crippen LogP contribution is -1.91. The van der Waals surface area contributed by atoms with Crippen molar-refractivity contribution in [3.63, 3.8) is 0 Å². The molecule has 0 saturated heterocycles. The van der Waals surface area contributed by atoms with Gasteiger partial charge in [0.2, 0.25) is 5.82 Å². The molecule has 90 valence electrons. The zero-order chi connectivity index (χ0) is 12.4. The van der Waals surface area contributed by atoms with Gasteiger partial charge >= 0.3 is 0 Å². The van der Waals surface area contributed by atoms with E-state index in [-0.39, 0.29) is 5.89 Å². The average Bonchev–Trinajstić information content (AvgIpc) is 2.78. The normalized spacial score (nSPS) is 12.5. The van der Waals surface area contributed by atoms with Crippen LogP contribution in [0.1, 0.15) is 24.5 Å². The summed E-state index contributed by atoms with van der Waals surface area (Å²) < 4.78 is 10.1. The summed E-state index contributed by atoms with van der Waals surface area (Å²) in [7, 11) is 1.63. The topological polar surface area (TPSA) is 68.4 Å². The van der Waals surface area contributed by atoms with Gasteiger partial charge in [0.15, 0.2) is 0 Å². The predicted octanol–water partition coefficient (Wildman–Crippen LogP) is 2.11. The van der Waals surface area contributed by atoms with Crippen LogP contribution in [-0.4, -0.2) is 22.4 Å². The van der Waals surface area contributed by atoms with Crippen LogP contribution in [0.3, 0.4) is 0 Å². The molecular formula is C12H14N2O3. The Bertz CT molecular complexity index is 520. The van der Waals surface area contributed by atoms with Crippen molar-refractivity contribution in [2.75, 3.05) is 7.11 Å². The number of rotatable bonds is 3. The molecule has 2 aromatic rings. The van der Waals surface area contributed by atoms with Crippen molar-refractivity contribution in [2.24, 2.45) is 0 Å². The van der Waals surface area contributed by atoms with Crippen LogP contribution < -0.4 is 4.74 Å². The maximum Gasteiger partial charge on any atom is 0.255 e. The molecule has 17 heavy (non-hydrogen) atoms. The maximum atomic E-state index is 9.30. The molecule has 5 heteroatoms. The minimum atomic E-state index is -0.754. The number of hydrogen-bond donors (Lipinski definition) is 1. The highest BCUT2D eigenvalue weighted by Gasteiger charge is 2.13. The van der Waals surface area contributed by atoms with Crippen LogP contribution >= 0.6 is 0 Å². The Morgan fingerprint density at radius 1 is 1.41 bits per heavy atom. The highest BCUT2D eigenvalue weighted by atomic mass is 16.5. The highest BCUT2D eigenvalue weighted by Crippen LogP contribution is 2.24. The van der Waals surface area contributed by atoms with Crippen molar-refractivity contribution in [1.29, 1.82) is 0 Å². The lowest BCUT2D eigenvalue weighted by molar-refractivity contribution is 0.152. The van der Waals surface area contributed by atoms with Crippen LogP contribution in [0.25, 0.3) is 11.4 Å². The molecule has 1 aromatic carbocycles. The van der Waals surface area contributed by atoms with Crippen molar-refractivity contribution < 1.29 is 14.4 Å². The summed E-state index contributed by atoms with van der Waals surface area (Å²) in [5, 5.41) is 13.1. The SMILES string of the molecule is COc1ccc(-c2noc([C@H](C)O)n2)cc1C. The number of aliphatic hydroxyl groups is 1. The molecule has 1 atom stereocenters. The van der Waals surface area contributed by atoms with E-state index in [1.807, 2.05) is 25.1 Å². The predicted molar refractivity (Wildman–Crippen MR) is 61.7 cm³/mol. The fourth-order valence-corrected chi connectivity index (χ4v) is 1.54. The summed E-state index contributed by atoms with van der Waals surface area (Å²) in [5.74, 6) is 1.49. The summed E-state index contributed by atoms with van der Waals surface area (Å²) >= 11 is 0. The van der Waals surface area contributed by atoms with Crippen LogP contribution in [0.15, 0.2) is 22.7 Å². The molecule has 2 rings (SSSR count). The van der Waals surface area contributed by atoms with Gasteiger partial charge in [0, 0.05) is 5.56 Å². The van der Waals surface area contributed by atoms with Gasteiger partial charge in [-0.05, 0) is 37.6 Å².